The van der Waals surface area contributed by atoms with Gasteiger partial charge < -0.3 is 14.9 Å². The van der Waals surface area contributed by atoms with Crippen LogP contribution in [0.25, 0.3) is 0 Å². The lowest BCUT2D eigenvalue weighted by molar-refractivity contribution is -0.143. The minimum atomic E-state index is -5.17. The smallest absolute Gasteiger partial charge is 0.416 e. The van der Waals surface area contributed by atoms with Crippen molar-refractivity contribution >= 4 is 29.8 Å². The molecular weight excluding hydrogens is 695 g/mol. The minimum absolute atomic E-state index is 0. The van der Waals surface area contributed by atoms with Gasteiger partial charge in [0.25, 0.3) is 0 Å². The number of nitrogens with zero attached hydrogens (tertiary/aromatic N) is 6. The van der Waals surface area contributed by atoms with Gasteiger partial charge in [0, 0.05) is 25.6 Å². The predicted molar refractivity (Wildman–Crippen MR) is 162 cm³/mol. The van der Waals surface area contributed by atoms with Crippen LogP contribution in [0.1, 0.15) is 79.6 Å². The molecule has 3 aromatic rings. The number of aryl methyl sites for hydroxylation is 1. The van der Waals surface area contributed by atoms with Gasteiger partial charge in [-0.1, -0.05) is 6.92 Å². The Morgan fingerprint density at radius 3 is 1.92 bits per heavy atom. The van der Waals surface area contributed by atoms with Crippen molar-refractivity contribution in [1.82, 2.24) is 20.2 Å². The van der Waals surface area contributed by atoms with E-state index in [0.29, 0.717) is 56.5 Å². The number of carboxylic acid groups (broad SMARTS) is 1. The summed E-state index contributed by atoms with van der Waals surface area (Å²) in [5.41, 5.74) is -4.48. The maximum Gasteiger partial charge on any atom is 0.416 e. The van der Waals surface area contributed by atoms with Gasteiger partial charge >= 0.3 is 24.5 Å². The highest BCUT2D eigenvalue weighted by atomic mass is 35.5. The molecule has 1 saturated carbocycles. The normalized spacial score (nSPS) is 20.8. The highest BCUT2D eigenvalue weighted by Gasteiger charge is 2.43. The highest BCUT2D eigenvalue weighted by Crippen LogP contribution is 2.47. The Balaban J connectivity index is 0.00000541. The van der Waals surface area contributed by atoms with Gasteiger partial charge in [-0.15, -0.1) is 22.6 Å². The minimum Gasteiger partial charge on any atom is -0.481 e. The lowest BCUT2D eigenvalue weighted by Gasteiger charge is -2.48. The van der Waals surface area contributed by atoms with E-state index in [4.69, 9.17) is 0 Å². The maximum atomic E-state index is 14.1. The maximum absolute atomic E-state index is 14.1. The molecule has 1 N–H and O–H groups in total. The molecule has 0 bridgehead atoms. The van der Waals surface area contributed by atoms with Gasteiger partial charge in [0.2, 0.25) is 5.82 Å². The Morgan fingerprint density at radius 2 is 1.43 bits per heavy atom. The van der Waals surface area contributed by atoms with Crippen molar-refractivity contribution in [3.8, 4) is 0 Å². The van der Waals surface area contributed by atoms with E-state index in [1.807, 2.05) is 11.8 Å². The van der Waals surface area contributed by atoms with Gasteiger partial charge in [-0.3, -0.25) is 4.79 Å². The number of halogens is 10. The van der Waals surface area contributed by atoms with E-state index in [1.54, 1.807) is 0 Å². The average Bonchev–Trinajstić information content (AvgIpc) is 3.42. The van der Waals surface area contributed by atoms with Crippen LogP contribution >= 0.6 is 12.4 Å². The molecule has 2 atom stereocenters. The first-order valence-corrected chi connectivity index (χ1v) is 15.3. The van der Waals surface area contributed by atoms with E-state index in [2.05, 4.69) is 15.4 Å². The second kappa shape index (κ2) is 14.2. The number of anilines is 2. The van der Waals surface area contributed by atoms with E-state index in [9.17, 15) is 49.4 Å². The van der Waals surface area contributed by atoms with Crippen molar-refractivity contribution < 1.29 is 49.4 Å². The van der Waals surface area contributed by atoms with Crippen molar-refractivity contribution in [3.05, 3.63) is 64.5 Å². The van der Waals surface area contributed by atoms with Crippen molar-refractivity contribution in [1.29, 1.82) is 0 Å². The molecule has 0 amide bonds. The Kier molecular flexibility index (Phi) is 11.1. The Labute approximate surface area is 281 Å². The van der Waals surface area contributed by atoms with Crippen molar-refractivity contribution in [3.63, 3.8) is 0 Å². The van der Waals surface area contributed by atoms with E-state index >= 15 is 0 Å². The third-order valence-electron chi connectivity index (χ3n) is 9.13. The number of tetrazole rings is 1. The quantitative estimate of drug-likeness (QED) is 0.234. The summed E-state index contributed by atoms with van der Waals surface area (Å²) in [6, 6.07) is 2.08. The molecule has 1 fully saturated rings. The topological polar surface area (TPSA) is 87.4 Å². The number of benzene rings is 2. The second-order valence-corrected chi connectivity index (χ2v) is 12.4. The molecular formula is C31H34ClF9N6O2. The largest absolute Gasteiger partial charge is 0.481 e. The van der Waals surface area contributed by atoms with Crippen LogP contribution in [0.2, 0.25) is 0 Å². The molecule has 2 unspecified atom stereocenters. The van der Waals surface area contributed by atoms with Gasteiger partial charge in [0.05, 0.1) is 35.1 Å². The first kappa shape index (κ1) is 38.0. The van der Waals surface area contributed by atoms with E-state index in [1.165, 1.54) is 18.0 Å². The zero-order valence-corrected chi connectivity index (χ0v) is 27.1. The molecule has 1 aromatic heterocycles. The molecule has 0 radical (unpaired) electrons. The molecule has 2 aliphatic rings. The summed E-state index contributed by atoms with van der Waals surface area (Å²) in [5, 5.41) is 20.9. The summed E-state index contributed by atoms with van der Waals surface area (Å²) in [4.78, 5) is 15.4. The number of hydrogen-bond donors (Lipinski definition) is 1. The van der Waals surface area contributed by atoms with Crippen molar-refractivity contribution in [2.45, 2.75) is 76.1 Å². The number of rotatable bonds is 8. The van der Waals surface area contributed by atoms with Gasteiger partial charge in [-0.25, -0.2) is 0 Å². The highest BCUT2D eigenvalue weighted by molar-refractivity contribution is 5.85. The zero-order valence-electron chi connectivity index (χ0n) is 26.3. The lowest BCUT2D eigenvalue weighted by atomic mass is 9.80. The number of alkyl halides is 9. The van der Waals surface area contributed by atoms with Crippen LogP contribution in [0.3, 0.4) is 0 Å². The summed E-state index contributed by atoms with van der Waals surface area (Å²) >= 11 is 0. The molecule has 1 aliphatic heterocycles. The second-order valence-electron chi connectivity index (χ2n) is 12.4. The molecule has 5 rings (SSSR count). The van der Waals surface area contributed by atoms with Gasteiger partial charge in [-0.05, 0) is 91.1 Å². The third kappa shape index (κ3) is 8.52. The number of fused-ring (bicyclic) bond motifs is 1. The monoisotopic (exact) mass is 728 g/mol. The van der Waals surface area contributed by atoms with E-state index in [-0.39, 0.29) is 54.8 Å². The fourth-order valence-corrected chi connectivity index (χ4v) is 6.79. The van der Waals surface area contributed by atoms with Crippen LogP contribution in [-0.4, -0.2) is 50.4 Å². The van der Waals surface area contributed by atoms with Crippen LogP contribution in [0.15, 0.2) is 36.4 Å². The van der Waals surface area contributed by atoms with Crippen molar-refractivity contribution in [2.24, 2.45) is 18.9 Å². The van der Waals surface area contributed by atoms with Crippen LogP contribution in [0.4, 0.5) is 50.9 Å². The summed E-state index contributed by atoms with van der Waals surface area (Å²) in [6.45, 7) is 2.16. The molecule has 2 aromatic carbocycles. The zero-order chi connectivity index (χ0) is 35.2. The fourth-order valence-electron chi connectivity index (χ4n) is 6.79. The first-order valence-electron chi connectivity index (χ1n) is 15.3. The summed E-state index contributed by atoms with van der Waals surface area (Å²) in [6.07, 6.45) is -11.9. The van der Waals surface area contributed by atoms with Crippen LogP contribution in [-0.2, 0) is 30.4 Å². The molecule has 18 heteroatoms. The number of aliphatic carboxylic acids is 1. The van der Waals surface area contributed by atoms with Gasteiger partial charge in [0.15, 0.2) is 0 Å². The predicted octanol–water partition coefficient (Wildman–Crippen LogP) is 8.16. The molecule has 0 saturated heterocycles. The molecule has 1 aliphatic carbocycles. The Bertz CT molecular complexity index is 1590. The van der Waals surface area contributed by atoms with Gasteiger partial charge in [-0.2, -0.15) is 44.3 Å². The summed E-state index contributed by atoms with van der Waals surface area (Å²) in [5.74, 6) is -1.08. The van der Waals surface area contributed by atoms with Gasteiger partial charge in [0.1, 0.15) is 6.04 Å². The molecule has 49 heavy (non-hydrogen) atoms. The Hall–Kier alpha value is -3.76. The van der Waals surface area contributed by atoms with Crippen LogP contribution in [0.5, 0.6) is 0 Å². The molecule has 0 spiro atoms. The third-order valence-corrected chi connectivity index (χ3v) is 9.13. The Morgan fingerprint density at radius 1 is 0.857 bits per heavy atom. The number of carbonyl (C=O) groups is 1. The summed E-state index contributed by atoms with van der Waals surface area (Å²) < 4.78 is 126. The van der Waals surface area contributed by atoms with Crippen LogP contribution < -0.4 is 9.80 Å². The number of hydrogen-bond acceptors (Lipinski definition) is 6. The lowest BCUT2D eigenvalue weighted by Crippen LogP contribution is -2.52. The number of carboxylic acids is 1. The molecule has 270 valence electrons. The average molecular weight is 729 g/mol. The van der Waals surface area contributed by atoms with Crippen molar-refractivity contribution in [2.75, 3.05) is 22.9 Å². The standard InChI is InChI=1S/C31H33F9N6O2.ClH/c1-3-23-16-46(27(28-41-43-44(2)42-28)19-11-21(30(35,36)37)13-22(12-19)31(38,39)40)25-14-20(29(32,33)34)8-9-24(25)45(23)15-18-6-4-17(5-7-18)10-26(47)48;/h8-9,11-14,17-18,23,27H,3-7,10,15-16H2,1-2H3,(H,47,48);1H/t17-,18-,23?,27?;. The van der Waals surface area contributed by atoms with Crippen LogP contribution in [0, 0.1) is 11.8 Å². The van der Waals surface area contributed by atoms with E-state index < -0.39 is 58.8 Å². The fraction of sp³-hybridized carbons (Fsp3) is 0.548. The SMILES string of the molecule is CCC1CN(C(c2cc(C(F)(F)F)cc(C(F)(F)F)c2)c2nnn(C)n2)c2cc(C(F)(F)F)ccc2N1C[C@H]1CC[C@H](CC(=O)O)CC1.Cl. The van der Waals surface area contributed by atoms with E-state index in [0.717, 1.165) is 16.9 Å². The number of aromatic nitrogens is 4. The summed E-state index contributed by atoms with van der Waals surface area (Å²) in [7, 11) is 1.34. The molecule has 8 nitrogen and oxygen atoms in total. The first-order chi connectivity index (χ1) is 22.3. The molecule has 2 heterocycles.